The van der Waals surface area contributed by atoms with Gasteiger partial charge in [-0.05, 0) is 31.4 Å². The van der Waals surface area contributed by atoms with Gasteiger partial charge in [-0.2, -0.15) is 0 Å². The van der Waals surface area contributed by atoms with Gasteiger partial charge in [0.1, 0.15) is 11.5 Å². The van der Waals surface area contributed by atoms with E-state index in [0.717, 1.165) is 25.9 Å². The first-order valence-electron chi connectivity index (χ1n) is 6.52. The number of hydrogen-bond acceptors (Lipinski definition) is 3. The Labute approximate surface area is 113 Å². The van der Waals surface area contributed by atoms with Gasteiger partial charge < -0.3 is 19.7 Å². The van der Waals surface area contributed by atoms with E-state index >= 15 is 0 Å². The fourth-order valence-electron chi connectivity index (χ4n) is 2.19. The molecule has 1 saturated heterocycles. The maximum absolute atomic E-state index is 12.1. The van der Waals surface area contributed by atoms with Crippen LogP contribution in [0.15, 0.2) is 18.2 Å². The Bertz CT molecular complexity index is 442. The van der Waals surface area contributed by atoms with E-state index in [1.165, 1.54) is 6.42 Å². The van der Waals surface area contributed by atoms with Gasteiger partial charge in [0.25, 0.3) is 0 Å². The number of piperidine rings is 1. The molecule has 1 heterocycles. The number of urea groups is 1. The number of rotatable bonds is 3. The number of nitrogens with one attached hydrogen (secondary N) is 1. The van der Waals surface area contributed by atoms with Gasteiger partial charge in [0.15, 0.2) is 0 Å². The summed E-state index contributed by atoms with van der Waals surface area (Å²) in [5, 5.41) is 2.89. The molecule has 0 atom stereocenters. The lowest BCUT2D eigenvalue weighted by atomic mass is 10.1. The fourth-order valence-corrected chi connectivity index (χ4v) is 2.19. The Morgan fingerprint density at radius 1 is 1.16 bits per heavy atom. The zero-order valence-corrected chi connectivity index (χ0v) is 11.4. The molecule has 5 nitrogen and oxygen atoms in total. The van der Waals surface area contributed by atoms with E-state index in [-0.39, 0.29) is 6.03 Å². The third-order valence-electron chi connectivity index (χ3n) is 3.29. The Kier molecular flexibility index (Phi) is 4.49. The number of ether oxygens (including phenoxy) is 2. The molecule has 2 amide bonds. The summed E-state index contributed by atoms with van der Waals surface area (Å²) in [6.45, 7) is 1.65. The van der Waals surface area contributed by atoms with Crippen LogP contribution in [0.2, 0.25) is 0 Å². The molecule has 1 aliphatic heterocycles. The number of likely N-dealkylation sites (tertiary alicyclic amines) is 1. The van der Waals surface area contributed by atoms with Gasteiger partial charge in [-0.3, -0.25) is 0 Å². The average molecular weight is 264 g/mol. The van der Waals surface area contributed by atoms with E-state index in [2.05, 4.69) is 5.32 Å². The number of methoxy groups -OCH3 is 2. The van der Waals surface area contributed by atoms with Crippen molar-refractivity contribution in [2.75, 3.05) is 32.6 Å². The van der Waals surface area contributed by atoms with Crippen LogP contribution in [0.4, 0.5) is 10.5 Å². The monoisotopic (exact) mass is 264 g/mol. The molecule has 1 aromatic carbocycles. The molecule has 0 radical (unpaired) electrons. The maximum Gasteiger partial charge on any atom is 0.321 e. The molecule has 5 heteroatoms. The summed E-state index contributed by atoms with van der Waals surface area (Å²) in [6, 6.07) is 5.28. The number of hydrogen-bond donors (Lipinski definition) is 1. The van der Waals surface area contributed by atoms with Gasteiger partial charge in [-0.1, -0.05) is 0 Å². The SMILES string of the molecule is COc1ccc(NC(=O)N2CCCCC2)c(OC)c1. The van der Waals surface area contributed by atoms with Crippen molar-refractivity contribution in [3.05, 3.63) is 18.2 Å². The second-order valence-corrected chi connectivity index (χ2v) is 4.54. The molecule has 104 valence electrons. The second kappa shape index (κ2) is 6.31. The Balaban J connectivity index is 2.07. The van der Waals surface area contributed by atoms with Gasteiger partial charge in [0.2, 0.25) is 0 Å². The van der Waals surface area contributed by atoms with Crippen molar-refractivity contribution in [3.63, 3.8) is 0 Å². The largest absolute Gasteiger partial charge is 0.497 e. The number of nitrogens with zero attached hydrogens (tertiary/aromatic N) is 1. The van der Waals surface area contributed by atoms with Crippen LogP contribution in [0, 0.1) is 0 Å². The third kappa shape index (κ3) is 3.30. The fraction of sp³-hybridized carbons (Fsp3) is 0.500. The third-order valence-corrected chi connectivity index (χ3v) is 3.29. The minimum atomic E-state index is -0.0665. The molecular formula is C14H20N2O3. The summed E-state index contributed by atoms with van der Waals surface area (Å²) in [5.41, 5.74) is 0.666. The van der Waals surface area contributed by atoms with E-state index < -0.39 is 0 Å². The van der Waals surface area contributed by atoms with Crippen LogP contribution in [0.3, 0.4) is 0 Å². The molecule has 19 heavy (non-hydrogen) atoms. The van der Waals surface area contributed by atoms with Gasteiger partial charge in [0, 0.05) is 19.2 Å². The van der Waals surface area contributed by atoms with Gasteiger partial charge >= 0.3 is 6.03 Å². The van der Waals surface area contributed by atoms with Crippen LogP contribution in [-0.2, 0) is 0 Å². The molecule has 0 unspecified atom stereocenters. The van der Waals surface area contributed by atoms with Crippen molar-refractivity contribution in [2.24, 2.45) is 0 Å². The lowest BCUT2D eigenvalue weighted by Crippen LogP contribution is -2.38. The van der Waals surface area contributed by atoms with Gasteiger partial charge in [0.05, 0.1) is 19.9 Å². The molecule has 0 aliphatic carbocycles. The van der Waals surface area contributed by atoms with Crippen molar-refractivity contribution in [3.8, 4) is 11.5 Å². The number of anilines is 1. The Morgan fingerprint density at radius 3 is 2.53 bits per heavy atom. The Morgan fingerprint density at radius 2 is 1.89 bits per heavy atom. The van der Waals surface area contributed by atoms with Crippen LogP contribution < -0.4 is 14.8 Å². The van der Waals surface area contributed by atoms with E-state index in [4.69, 9.17) is 9.47 Å². The van der Waals surface area contributed by atoms with Crippen molar-refractivity contribution in [1.82, 2.24) is 4.90 Å². The number of benzene rings is 1. The zero-order valence-electron chi connectivity index (χ0n) is 11.4. The highest BCUT2D eigenvalue weighted by atomic mass is 16.5. The molecule has 0 aromatic heterocycles. The molecule has 1 aliphatic rings. The van der Waals surface area contributed by atoms with Crippen LogP contribution in [0.5, 0.6) is 11.5 Å². The zero-order chi connectivity index (χ0) is 13.7. The van der Waals surface area contributed by atoms with Crippen molar-refractivity contribution >= 4 is 11.7 Å². The molecular weight excluding hydrogens is 244 g/mol. The molecule has 0 bridgehead atoms. The van der Waals surface area contributed by atoms with E-state index in [1.54, 1.807) is 32.4 Å². The lowest BCUT2D eigenvalue weighted by Gasteiger charge is -2.27. The van der Waals surface area contributed by atoms with E-state index in [9.17, 15) is 4.79 Å². The van der Waals surface area contributed by atoms with Crippen LogP contribution >= 0.6 is 0 Å². The van der Waals surface area contributed by atoms with Crippen LogP contribution in [0.25, 0.3) is 0 Å². The molecule has 0 spiro atoms. The van der Waals surface area contributed by atoms with Crippen LogP contribution in [-0.4, -0.2) is 38.2 Å². The first-order chi connectivity index (χ1) is 9.24. The quantitative estimate of drug-likeness (QED) is 0.913. The van der Waals surface area contributed by atoms with Crippen molar-refractivity contribution in [1.29, 1.82) is 0 Å². The van der Waals surface area contributed by atoms with Gasteiger partial charge in [-0.25, -0.2) is 4.79 Å². The molecule has 1 aromatic rings. The van der Waals surface area contributed by atoms with E-state index in [1.807, 2.05) is 4.90 Å². The molecule has 0 saturated carbocycles. The number of carbonyl (C=O) groups is 1. The highest BCUT2D eigenvalue weighted by molar-refractivity contribution is 5.91. The Hall–Kier alpha value is -1.91. The molecule has 1 fully saturated rings. The molecule has 2 rings (SSSR count). The predicted octanol–water partition coefficient (Wildman–Crippen LogP) is 2.72. The van der Waals surface area contributed by atoms with Gasteiger partial charge in [-0.15, -0.1) is 0 Å². The first-order valence-corrected chi connectivity index (χ1v) is 6.52. The topological polar surface area (TPSA) is 50.8 Å². The standard InChI is InChI=1S/C14H20N2O3/c1-18-11-6-7-12(13(10-11)19-2)15-14(17)16-8-4-3-5-9-16/h6-7,10H,3-5,8-9H2,1-2H3,(H,15,17). The maximum atomic E-state index is 12.1. The second-order valence-electron chi connectivity index (χ2n) is 4.54. The summed E-state index contributed by atoms with van der Waals surface area (Å²) < 4.78 is 10.4. The highest BCUT2D eigenvalue weighted by Crippen LogP contribution is 2.29. The summed E-state index contributed by atoms with van der Waals surface area (Å²) in [5.74, 6) is 1.30. The predicted molar refractivity (Wildman–Crippen MR) is 74.0 cm³/mol. The molecule has 1 N–H and O–H groups in total. The smallest absolute Gasteiger partial charge is 0.321 e. The normalized spacial score (nSPS) is 14.9. The van der Waals surface area contributed by atoms with E-state index in [0.29, 0.717) is 17.2 Å². The minimum absolute atomic E-state index is 0.0665. The summed E-state index contributed by atoms with van der Waals surface area (Å²) in [4.78, 5) is 14.0. The minimum Gasteiger partial charge on any atom is -0.497 e. The summed E-state index contributed by atoms with van der Waals surface area (Å²) >= 11 is 0. The summed E-state index contributed by atoms with van der Waals surface area (Å²) in [7, 11) is 3.17. The average Bonchev–Trinajstić information content (AvgIpc) is 2.48. The van der Waals surface area contributed by atoms with Crippen molar-refractivity contribution in [2.45, 2.75) is 19.3 Å². The first kappa shape index (κ1) is 13.5. The number of amides is 2. The number of carbonyl (C=O) groups excluding carboxylic acids is 1. The van der Waals surface area contributed by atoms with Crippen LogP contribution in [0.1, 0.15) is 19.3 Å². The lowest BCUT2D eigenvalue weighted by molar-refractivity contribution is 0.200. The summed E-state index contributed by atoms with van der Waals surface area (Å²) in [6.07, 6.45) is 3.36. The van der Waals surface area contributed by atoms with Crippen molar-refractivity contribution < 1.29 is 14.3 Å². The highest BCUT2D eigenvalue weighted by Gasteiger charge is 2.17.